The Morgan fingerprint density at radius 2 is 1.91 bits per heavy atom. The first-order chi connectivity index (χ1) is 11.0. The number of hydrogen-bond acceptors (Lipinski definition) is 5. The Kier molecular flexibility index (Phi) is 5.15. The normalized spacial score (nSPS) is 9.96. The van der Waals surface area contributed by atoms with Gasteiger partial charge >= 0.3 is 0 Å². The number of Topliss-reactive ketones (excluding diaryl/α,β-unsaturated/α-hetero) is 1. The Bertz CT molecular complexity index is 793. The van der Waals surface area contributed by atoms with Crippen LogP contribution in [0.25, 0.3) is 0 Å². The van der Waals surface area contributed by atoms with Crippen LogP contribution in [0.1, 0.15) is 51.5 Å². The average Bonchev–Trinajstić information content (AvgIpc) is 2.59. The highest BCUT2D eigenvalue weighted by Crippen LogP contribution is 2.13. The molecule has 0 saturated carbocycles. The summed E-state index contributed by atoms with van der Waals surface area (Å²) in [5.74, 6) is -0.594. The summed E-state index contributed by atoms with van der Waals surface area (Å²) in [5.41, 5.74) is 2.91. The molecule has 0 spiro atoms. The third kappa shape index (κ3) is 3.98. The van der Waals surface area contributed by atoms with Crippen LogP contribution < -0.4 is 5.32 Å². The second-order valence-electron chi connectivity index (χ2n) is 4.98. The van der Waals surface area contributed by atoms with Crippen LogP contribution in [0.4, 0.5) is 0 Å². The van der Waals surface area contributed by atoms with Crippen molar-refractivity contribution in [1.82, 2.24) is 15.3 Å². The summed E-state index contributed by atoms with van der Waals surface area (Å²) in [7, 11) is 0. The zero-order valence-corrected chi connectivity index (χ0v) is 13.0. The monoisotopic (exact) mass is 308 g/mol. The minimum Gasteiger partial charge on any atom is -0.347 e. The summed E-state index contributed by atoms with van der Waals surface area (Å²) in [6.07, 6.45) is 1.97. The van der Waals surface area contributed by atoms with Gasteiger partial charge in [-0.1, -0.05) is 13.0 Å². The van der Waals surface area contributed by atoms with Crippen molar-refractivity contribution in [2.45, 2.75) is 26.8 Å². The number of aryl methyl sites for hydroxylation is 1. The molecule has 0 bridgehead atoms. The smallest absolute Gasteiger partial charge is 0.270 e. The van der Waals surface area contributed by atoms with E-state index in [2.05, 4.69) is 21.4 Å². The number of rotatable bonds is 5. The number of nitrogens with zero attached hydrogens (tertiary/aromatic N) is 3. The molecule has 2 rings (SSSR count). The molecule has 0 atom stereocenters. The van der Waals surface area contributed by atoms with Crippen LogP contribution in [0.15, 0.2) is 30.6 Å². The highest BCUT2D eigenvalue weighted by Gasteiger charge is 2.11. The van der Waals surface area contributed by atoms with Crippen molar-refractivity contribution in [2.24, 2.45) is 0 Å². The molecular weight excluding hydrogens is 292 g/mol. The van der Waals surface area contributed by atoms with Crippen LogP contribution >= 0.6 is 0 Å². The van der Waals surface area contributed by atoms with Gasteiger partial charge in [-0.15, -0.1) is 0 Å². The van der Waals surface area contributed by atoms with Gasteiger partial charge in [0.2, 0.25) is 0 Å². The molecule has 1 aromatic carbocycles. The van der Waals surface area contributed by atoms with Crippen LogP contribution in [0.3, 0.4) is 0 Å². The molecular formula is C17H16N4O2. The van der Waals surface area contributed by atoms with Gasteiger partial charge in [-0.3, -0.25) is 9.59 Å². The molecule has 0 fully saturated rings. The second-order valence-corrected chi connectivity index (χ2v) is 4.98. The van der Waals surface area contributed by atoms with Crippen molar-refractivity contribution in [2.75, 3.05) is 0 Å². The van der Waals surface area contributed by atoms with Crippen LogP contribution in [-0.2, 0) is 13.0 Å². The number of hydrogen-bond donors (Lipinski definition) is 1. The van der Waals surface area contributed by atoms with Crippen molar-refractivity contribution in [3.8, 4) is 6.07 Å². The fourth-order valence-electron chi connectivity index (χ4n) is 2.14. The van der Waals surface area contributed by atoms with Crippen LogP contribution in [0.2, 0.25) is 0 Å². The molecule has 1 aromatic heterocycles. The Balaban J connectivity index is 2.12. The van der Waals surface area contributed by atoms with Crippen molar-refractivity contribution < 1.29 is 9.59 Å². The minimum absolute atomic E-state index is 0.150. The van der Waals surface area contributed by atoms with E-state index in [0.717, 1.165) is 17.5 Å². The molecule has 0 aliphatic carbocycles. The number of nitriles is 1. The number of amides is 1. The standard InChI is InChI=1S/C17H16N4O2/c1-3-13-6-12(8-18)4-5-14(13)9-19-17(23)16-7-15(11(2)22)20-10-21-16/h4-7,10H,3,9H2,1-2H3,(H,19,23). The molecule has 0 unspecified atom stereocenters. The lowest BCUT2D eigenvalue weighted by Gasteiger charge is -2.10. The van der Waals surface area contributed by atoms with Crippen molar-refractivity contribution in [3.63, 3.8) is 0 Å². The number of ketones is 1. The molecule has 0 aliphatic heterocycles. The highest BCUT2D eigenvalue weighted by atomic mass is 16.2. The van der Waals surface area contributed by atoms with E-state index in [9.17, 15) is 9.59 Å². The van der Waals surface area contributed by atoms with E-state index in [0.29, 0.717) is 12.1 Å². The number of carbonyl (C=O) groups is 2. The number of aromatic nitrogens is 2. The van der Waals surface area contributed by atoms with Gasteiger partial charge in [-0.05, 0) is 35.7 Å². The van der Waals surface area contributed by atoms with Gasteiger partial charge in [0, 0.05) is 13.5 Å². The summed E-state index contributed by atoms with van der Waals surface area (Å²) < 4.78 is 0. The predicted octanol–water partition coefficient (Wildman–Crippen LogP) is 2.04. The van der Waals surface area contributed by atoms with Gasteiger partial charge in [0.15, 0.2) is 5.78 Å². The van der Waals surface area contributed by atoms with Gasteiger partial charge in [-0.25, -0.2) is 9.97 Å². The van der Waals surface area contributed by atoms with Crippen LogP contribution in [-0.4, -0.2) is 21.7 Å². The summed E-state index contributed by atoms with van der Waals surface area (Å²) in [5, 5.41) is 11.7. The van der Waals surface area contributed by atoms with E-state index in [4.69, 9.17) is 5.26 Å². The van der Waals surface area contributed by atoms with Gasteiger partial charge in [0.05, 0.1) is 11.6 Å². The van der Waals surface area contributed by atoms with Crippen molar-refractivity contribution in [1.29, 1.82) is 5.26 Å². The SMILES string of the molecule is CCc1cc(C#N)ccc1CNC(=O)c1cc(C(C)=O)ncn1. The van der Waals surface area contributed by atoms with E-state index in [1.807, 2.05) is 19.1 Å². The topological polar surface area (TPSA) is 95.7 Å². The lowest BCUT2D eigenvalue weighted by atomic mass is 10.0. The van der Waals surface area contributed by atoms with E-state index in [1.165, 1.54) is 19.3 Å². The van der Waals surface area contributed by atoms with E-state index in [-0.39, 0.29) is 23.1 Å². The van der Waals surface area contributed by atoms with Crippen molar-refractivity contribution in [3.05, 3.63) is 58.7 Å². The third-order valence-corrected chi connectivity index (χ3v) is 3.42. The molecule has 116 valence electrons. The number of benzene rings is 1. The highest BCUT2D eigenvalue weighted by molar-refractivity contribution is 5.97. The first kappa shape index (κ1) is 16.3. The second kappa shape index (κ2) is 7.27. The maximum Gasteiger partial charge on any atom is 0.270 e. The zero-order chi connectivity index (χ0) is 16.8. The largest absolute Gasteiger partial charge is 0.347 e. The average molecular weight is 308 g/mol. The molecule has 6 heteroatoms. The molecule has 6 nitrogen and oxygen atoms in total. The maximum absolute atomic E-state index is 12.2. The summed E-state index contributed by atoms with van der Waals surface area (Å²) >= 11 is 0. The first-order valence-corrected chi connectivity index (χ1v) is 7.18. The van der Waals surface area contributed by atoms with Gasteiger partial charge in [-0.2, -0.15) is 5.26 Å². The molecule has 1 heterocycles. The van der Waals surface area contributed by atoms with E-state index >= 15 is 0 Å². The Morgan fingerprint density at radius 3 is 2.57 bits per heavy atom. The fourth-order valence-corrected chi connectivity index (χ4v) is 2.14. The lowest BCUT2D eigenvalue weighted by Crippen LogP contribution is -2.25. The Morgan fingerprint density at radius 1 is 1.17 bits per heavy atom. The maximum atomic E-state index is 12.2. The van der Waals surface area contributed by atoms with Gasteiger partial charge in [0.25, 0.3) is 5.91 Å². The minimum atomic E-state index is -0.374. The fraction of sp³-hybridized carbons (Fsp3) is 0.235. The van der Waals surface area contributed by atoms with E-state index < -0.39 is 0 Å². The molecule has 0 saturated heterocycles. The summed E-state index contributed by atoms with van der Waals surface area (Å²) in [4.78, 5) is 31.1. The predicted molar refractivity (Wildman–Crippen MR) is 83.7 cm³/mol. The van der Waals surface area contributed by atoms with Crippen molar-refractivity contribution >= 4 is 11.7 Å². The molecule has 23 heavy (non-hydrogen) atoms. The van der Waals surface area contributed by atoms with Crippen LogP contribution in [0.5, 0.6) is 0 Å². The molecule has 2 aromatic rings. The first-order valence-electron chi connectivity index (χ1n) is 7.18. The summed E-state index contributed by atoms with van der Waals surface area (Å²) in [6.45, 7) is 3.70. The lowest BCUT2D eigenvalue weighted by molar-refractivity contribution is 0.0945. The van der Waals surface area contributed by atoms with Gasteiger partial charge in [0.1, 0.15) is 17.7 Å². The molecule has 0 radical (unpaired) electrons. The van der Waals surface area contributed by atoms with Gasteiger partial charge < -0.3 is 5.32 Å². The molecule has 0 aliphatic rings. The number of carbonyl (C=O) groups excluding carboxylic acids is 2. The Hall–Kier alpha value is -3.07. The zero-order valence-electron chi connectivity index (χ0n) is 13.0. The molecule has 1 amide bonds. The quantitative estimate of drug-likeness (QED) is 0.853. The third-order valence-electron chi connectivity index (χ3n) is 3.42. The Labute approximate surface area is 134 Å². The molecule has 1 N–H and O–H groups in total. The van der Waals surface area contributed by atoms with Crippen LogP contribution in [0, 0.1) is 11.3 Å². The van der Waals surface area contributed by atoms with E-state index in [1.54, 1.807) is 6.07 Å². The number of nitrogens with one attached hydrogen (secondary N) is 1. The summed E-state index contributed by atoms with van der Waals surface area (Å²) in [6, 6.07) is 8.85.